The molecule has 1 amide bonds. The zero-order valence-electron chi connectivity index (χ0n) is 17.2. The predicted octanol–water partition coefficient (Wildman–Crippen LogP) is 4.10. The maximum Gasteiger partial charge on any atom is 0.255 e. The lowest BCUT2D eigenvalue weighted by Crippen LogP contribution is -2.18. The zero-order chi connectivity index (χ0) is 21.3. The van der Waals surface area contributed by atoms with Crippen LogP contribution in [0.5, 0.6) is 5.75 Å². The number of benzene rings is 2. The van der Waals surface area contributed by atoms with Gasteiger partial charge >= 0.3 is 0 Å². The minimum Gasteiger partial charge on any atom is -0.491 e. The highest BCUT2D eigenvalue weighted by Gasteiger charge is 2.24. The van der Waals surface area contributed by atoms with Gasteiger partial charge in [0, 0.05) is 29.8 Å². The lowest BCUT2D eigenvalue weighted by molar-refractivity contribution is 0.0964. The van der Waals surface area contributed by atoms with Crippen molar-refractivity contribution >= 4 is 26.7 Å². The number of aryl methyl sites for hydroxylation is 1. The largest absolute Gasteiger partial charge is 0.491 e. The number of carbonyl (C=O) groups excluding carboxylic acids is 1. The number of nitrogens with one attached hydrogen (secondary N) is 1. The summed E-state index contributed by atoms with van der Waals surface area (Å²) in [4.78, 5) is 12.7. The van der Waals surface area contributed by atoms with E-state index >= 15 is 0 Å². The van der Waals surface area contributed by atoms with Crippen LogP contribution in [-0.2, 0) is 15.6 Å². The van der Waals surface area contributed by atoms with Gasteiger partial charge in [0.1, 0.15) is 17.1 Å². The lowest BCUT2D eigenvalue weighted by atomic mass is 10.0. The number of hydrogen-bond donors (Lipinski definition) is 1. The third-order valence-corrected chi connectivity index (χ3v) is 5.25. The van der Waals surface area contributed by atoms with Crippen LogP contribution in [0.2, 0.25) is 0 Å². The van der Waals surface area contributed by atoms with E-state index in [0.717, 1.165) is 11.1 Å². The molecule has 0 aliphatic heterocycles. The normalized spacial score (nSPS) is 11.8. The molecule has 0 saturated carbocycles. The van der Waals surface area contributed by atoms with Crippen molar-refractivity contribution in [3.05, 3.63) is 53.1 Å². The van der Waals surface area contributed by atoms with E-state index in [1.165, 1.54) is 6.26 Å². The second-order valence-electron chi connectivity index (χ2n) is 7.44. The molecule has 7 heteroatoms. The second kappa shape index (κ2) is 7.91. The van der Waals surface area contributed by atoms with Gasteiger partial charge in [0.2, 0.25) is 0 Å². The number of fused-ring (bicyclic) bond motifs is 1. The molecule has 0 aliphatic rings. The van der Waals surface area contributed by atoms with Crippen molar-refractivity contribution in [2.24, 2.45) is 0 Å². The average Bonchev–Trinajstić information content (AvgIpc) is 2.98. The Labute approximate surface area is 170 Å². The Morgan fingerprint density at radius 3 is 2.38 bits per heavy atom. The van der Waals surface area contributed by atoms with E-state index in [4.69, 9.17) is 9.15 Å². The van der Waals surface area contributed by atoms with Gasteiger partial charge in [-0.05, 0) is 32.9 Å². The summed E-state index contributed by atoms with van der Waals surface area (Å²) in [6.07, 6.45) is 1.02. The Bertz CT molecular complexity index is 1160. The quantitative estimate of drug-likeness (QED) is 0.655. The molecule has 0 saturated heterocycles. The first kappa shape index (κ1) is 20.9. The minimum atomic E-state index is -3.29. The molecule has 0 spiro atoms. The smallest absolute Gasteiger partial charge is 0.255 e. The Morgan fingerprint density at radius 2 is 1.83 bits per heavy atom. The Kier molecular flexibility index (Phi) is 5.71. The van der Waals surface area contributed by atoms with Crippen LogP contribution in [0.25, 0.3) is 22.3 Å². The van der Waals surface area contributed by atoms with Crippen molar-refractivity contribution in [3.8, 4) is 17.1 Å². The van der Waals surface area contributed by atoms with E-state index in [1.807, 2.05) is 45.0 Å². The van der Waals surface area contributed by atoms with E-state index in [9.17, 15) is 13.2 Å². The molecule has 0 fully saturated rings. The van der Waals surface area contributed by atoms with Gasteiger partial charge in [-0.3, -0.25) is 4.79 Å². The highest BCUT2D eigenvalue weighted by molar-refractivity contribution is 7.89. The fourth-order valence-electron chi connectivity index (χ4n) is 3.18. The first-order chi connectivity index (χ1) is 13.6. The van der Waals surface area contributed by atoms with Gasteiger partial charge in [-0.15, -0.1) is 0 Å². The highest BCUT2D eigenvalue weighted by Crippen LogP contribution is 2.38. The third-order valence-electron chi connectivity index (χ3n) is 4.42. The first-order valence-corrected chi connectivity index (χ1v) is 11.4. The van der Waals surface area contributed by atoms with Crippen molar-refractivity contribution in [2.75, 3.05) is 13.3 Å². The molecule has 0 bridgehead atoms. The van der Waals surface area contributed by atoms with Crippen molar-refractivity contribution in [2.45, 2.75) is 32.6 Å². The third kappa shape index (κ3) is 4.62. The molecule has 3 aromatic rings. The minimum absolute atomic E-state index is 0.155. The molecule has 1 aromatic heterocycles. The Morgan fingerprint density at radius 1 is 1.17 bits per heavy atom. The molecule has 0 radical (unpaired) electrons. The summed E-state index contributed by atoms with van der Waals surface area (Å²) < 4.78 is 35.7. The fourth-order valence-corrected chi connectivity index (χ4v) is 3.97. The van der Waals surface area contributed by atoms with Crippen LogP contribution in [0.15, 0.2) is 40.8 Å². The van der Waals surface area contributed by atoms with Gasteiger partial charge in [-0.2, -0.15) is 0 Å². The summed E-state index contributed by atoms with van der Waals surface area (Å²) in [6.45, 7) is 5.71. The van der Waals surface area contributed by atoms with Crippen LogP contribution in [0, 0.1) is 6.92 Å². The summed E-state index contributed by atoms with van der Waals surface area (Å²) in [5.41, 5.74) is 3.19. The molecule has 6 nitrogen and oxygen atoms in total. The highest BCUT2D eigenvalue weighted by atomic mass is 32.2. The number of sulfone groups is 1. The molecule has 0 unspecified atom stereocenters. The fraction of sp³-hybridized carbons (Fsp3) is 0.318. The van der Waals surface area contributed by atoms with E-state index in [1.54, 1.807) is 19.2 Å². The molecule has 0 aliphatic carbocycles. The number of amides is 1. The van der Waals surface area contributed by atoms with E-state index in [-0.39, 0.29) is 17.8 Å². The molecule has 3 rings (SSSR count). The van der Waals surface area contributed by atoms with Crippen LogP contribution < -0.4 is 10.1 Å². The van der Waals surface area contributed by atoms with Gasteiger partial charge in [0.15, 0.2) is 9.84 Å². The topological polar surface area (TPSA) is 85.6 Å². The summed E-state index contributed by atoms with van der Waals surface area (Å²) in [7, 11) is -1.73. The maximum absolute atomic E-state index is 12.7. The molecule has 2 aromatic carbocycles. The molecule has 1 heterocycles. The summed E-state index contributed by atoms with van der Waals surface area (Å²) in [5.74, 6) is 0.400. The Hall–Kier alpha value is -2.80. The van der Waals surface area contributed by atoms with Gasteiger partial charge < -0.3 is 14.5 Å². The van der Waals surface area contributed by atoms with Gasteiger partial charge in [0.25, 0.3) is 5.91 Å². The van der Waals surface area contributed by atoms with Crippen LogP contribution in [0.3, 0.4) is 0 Å². The van der Waals surface area contributed by atoms with Gasteiger partial charge in [-0.1, -0.05) is 29.8 Å². The number of rotatable bonds is 6. The number of carbonyl (C=O) groups is 1. The van der Waals surface area contributed by atoms with E-state index in [2.05, 4.69) is 5.32 Å². The summed E-state index contributed by atoms with van der Waals surface area (Å²) >= 11 is 0. The molecular weight excluding hydrogens is 390 g/mol. The van der Waals surface area contributed by atoms with Gasteiger partial charge in [-0.25, -0.2) is 8.42 Å². The maximum atomic E-state index is 12.7. The van der Waals surface area contributed by atoms with Crippen LogP contribution in [0.1, 0.15) is 35.3 Å². The number of hydrogen-bond acceptors (Lipinski definition) is 5. The van der Waals surface area contributed by atoms with Gasteiger partial charge in [0.05, 0.1) is 17.4 Å². The monoisotopic (exact) mass is 415 g/mol. The zero-order valence-corrected chi connectivity index (χ0v) is 18.0. The molecule has 29 heavy (non-hydrogen) atoms. The molecule has 0 atom stereocenters. The molecule has 154 valence electrons. The molecular formula is C22H25NO5S. The van der Waals surface area contributed by atoms with Crippen LogP contribution >= 0.6 is 0 Å². The van der Waals surface area contributed by atoms with Crippen molar-refractivity contribution in [1.82, 2.24) is 5.32 Å². The molecule has 1 N–H and O–H groups in total. The average molecular weight is 416 g/mol. The Balaban J connectivity index is 2.30. The summed E-state index contributed by atoms with van der Waals surface area (Å²) in [5, 5.41) is 3.24. The van der Waals surface area contributed by atoms with Crippen LogP contribution in [0.4, 0.5) is 0 Å². The standard InChI is InChI=1S/C22H25NO5S/c1-13(2)27-18-11-17-19(10-16(18)12-29(5,25)26)28-21(20(17)22(24)23-4)15-8-6-14(3)7-9-15/h6-11,13H,12H2,1-5H3,(H,23,24). The second-order valence-corrected chi connectivity index (χ2v) is 9.58. The lowest BCUT2D eigenvalue weighted by Gasteiger charge is -2.14. The summed E-state index contributed by atoms with van der Waals surface area (Å²) in [6, 6.07) is 11.0. The predicted molar refractivity (Wildman–Crippen MR) is 114 cm³/mol. The number of furan rings is 1. The SMILES string of the molecule is CNC(=O)c1c(-c2ccc(C)cc2)oc2cc(CS(C)(=O)=O)c(OC(C)C)cc12. The van der Waals surface area contributed by atoms with E-state index < -0.39 is 9.84 Å². The first-order valence-electron chi connectivity index (χ1n) is 9.32. The van der Waals surface area contributed by atoms with Crippen molar-refractivity contribution < 1.29 is 22.4 Å². The van der Waals surface area contributed by atoms with Crippen molar-refractivity contribution in [1.29, 1.82) is 0 Å². The number of ether oxygens (including phenoxy) is 1. The van der Waals surface area contributed by atoms with E-state index in [0.29, 0.717) is 33.6 Å². The van der Waals surface area contributed by atoms with Crippen molar-refractivity contribution in [3.63, 3.8) is 0 Å². The van der Waals surface area contributed by atoms with Crippen LogP contribution in [-0.4, -0.2) is 33.7 Å².